The molecule has 0 radical (unpaired) electrons. The van der Waals surface area contributed by atoms with Crippen LogP contribution in [0.2, 0.25) is 5.02 Å². The lowest BCUT2D eigenvalue weighted by atomic mass is 10.1. The number of halogens is 3. The first-order valence-corrected chi connectivity index (χ1v) is 24.1. The van der Waals surface area contributed by atoms with Crippen LogP contribution < -0.4 is 21.4 Å². The highest BCUT2D eigenvalue weighted by Crippen LogP contribution is 2.38. The lowest BCUT2D eigenvalue weighted by Crippen LogP contribution is -2.43. The van der Waals surface area contributed by atoms with Gasteiger partial charge in [0.25, 0.3) is 11.8 Å². The van der Waals surface area contributed by atoms with Crippen LogP contribution in [0.15, 0.2) is 93.9 Å². The van der Waals surface area contributed by atoms with Crippen molar-refractivity contribution < 1.29 is 14.4 Å². The minimum Gasteiger partial charge on any atom is -0.368 e. The Bertz CT molecular complexity index is 3150. The third kappa shape index (κ3) is 8.56. The number of aromatic nitrogens is 4. The molecule has 65 heavy (non-hydrogen) atoms. The number of nitrogens with zero attached hydrogens (tertiary/aromatic N) is 4. The summed E-state index contributed by atoms with van der Waals surface area (Å²) in [6.45, 7) is 7.93. The van der Waals surface area contributed by atoms with E-state index in [1.165, 1.54) is 0 Å². The van der Waals surface area contributed by atoms with Crippen LogP contribution in [0.4, 0.5) is 0 Å². The smallest absolute Gasteiger partial charge is 0.254 e. The van der Waals surface area contributed by atoms with Crippen molar-refractivity contribution in [2.45, 2.75) is 32.2 Å². The average Bonchev–Trinajstić information content (AvgIpc) is 4.10. The predicted molar refractivity (Wildman–Crippen MR) is 267 cm³/mol. The molecule has 16 heteroatoms. The summed E-state index contributed by atoms with van der Waals surface area (Å²) in [4.78, 5) is 56.0. The van der Waals surface area contributed by atoms with E-state index < -0.39 is 0 Å². The summed E-state index contributed by atoms with van der Waals surface area (Å²) in [6, 6.07) is 27.9. The minimum atomic E-state index is -0.318. The maximum absolute atomic E-state index is 14.6. The number of carbonyl (C=O) groups is 3. The lowest BCUT2D eigenvalue weighted by Gasteiger charge is -2.28. The van der Waals surface area contributed by atoms with Gasteiger partial charge in [0, 0.05) is 104 Å². The fourth-order valence-corrected chi connectivity index (χ4v) is 10.7. The highest BCUT2D eigenvalue weighted by molar-refractivity contribution is 9.10. The number of H-pyrrole nitrogens is 3. The van der Waals surface area contributed by atoms with E-state index >= 15 is 0 Å². The van der Waals surface area contributed by atoms with E-state index in [1.54, 1.807) is 0 Å². The Labute approximate surface area is 397 Å². The van der Waals surface area contributed by atoms with Gasteiger partial charge in [0.05, 0.1) is 45.5 Å². The van der Waals surface area contributed by atoms with Crippen molar-refractivity contribution >= 4 is 105 Å². The molecular weight excluding hydrogens is 972 g/mol. The number of fused-ring (bicyclic) bond motifs is 4. The summed E-state index contributed by atoms with van der Waals surface area (Å²) >= 11 is 13.6. The van der Waals surface area contributed by atoms with Gasteiger partial charge in [-0.25, -0.2) is 0 Å². The van der Waals surface area contributed by atoms with Crippen molar-refractivity contribution in [3.8, 4) is 22.8 Å². The van der Waals surface area contributed by atoms with Crippen molar-refractivity contribution in [3.63, 3.8) is 0 Å². The molecule has 2 aliphatic rings. The van der Waals surface area contributed by atoms with Gasteiger partial charge < -0.3 is 36.3 Å². The molecule has 10 rings (SSSR count). The molecule has 0 bridgehead atoms. The van der Waals surface area contributed by atoms with Crippen molar-refractivity contribution in [3.05, 3.63) is 116 Å². The molecule has 1 atom stereocenters. The first kappa shape index (κ1) is 43.3. The molecule has 4 aromatic carbocycles. The Kier molecular flexibility index (Phi) is 12.0. The van der Waals surface area contributed by atoms with Crippen LogP contribution in [0.5, 0.6) is 0 Å². The second kappa shape index (κ2) is 18.0. The van der Waals surface area contributed by atoms with Crippen LogP contribution in [0.1, 0.15) is 45.5 Å². The van der Waals surface area contributed by atoms with Crippen LogP contribution in [-0.2, 0) is 4.79 Å². The van der Waals surface area contributed by atoms with Gasteiger partial charge in [-0.05, 0) is 99.5 Å². The molecule has 0 unspecified atom stereocenters. The summed E-state index contributed by atoms with van der Waals surface area (Å²) < 4.78 is 4.06. The maximum atomic E-state index is 14.6. The summed E-state index contributed by atoms with van der Waals surface area (Å²) in [6.07, 6.45) is 2.52. The fraction of sp³-hybridized carbons (Fsp3) is 0.286. The highest BCUT2D eigenvalue weighted by Gasteiger charge is 2.31. The molecule has 4 aromatic heterocycles. The molecular formula is C49H49Br2ClN10O3. The van der Waals surface area contributed by atoms with E-state index in [1.807, 2.05) is 54.6 Å². The van der Waals surface area contributed by atoms with E-state index in [2.05, 4.69) is 114 Å². The van der Waals surface area contributed by atoms with Gasteiger partial charge in [0.1, 0.15) is 0 Å². The van der Waals surface area contributed by atoms with E-state index in [-0.39, 0.29) is 23.8 Å². The quantitative estimate of drug-likeness (QED) is 0.0718. The molecule has 0 aliphatic carbocycles. The Morgan fingerprint density at radius 3 is 2.23 bits per heavy atom. The zero-order valence-electron chi connectivity index (χ0n) is 35.9. The molecule has 2 saturated heterocycles. The van der Waals surface area contributed by atoms with Crippen LogP contribution in [0.25, 0.3) is 66.4 Å². The number of aryl methyl sites for hydroxylation is 1. The monoisotopic (exact) mass is 1020 g/mol. The first-order chi connectivity index (χ1) is 31.5. The van der Waals surface area contributed by atoms with E-state index in [0.717, 1.165) is 126 Å². The second-order valence-electron chi connectivity index (χ2n) is 17.2. The Morgan fingerprint density at radius 2 is 1.42 bits per heavy atom. The van der Waals surface area contributed by atoms with E-state index in [4.69, 9.17) is 17.3 Å². The number of aromatic amines is 3. The summed E-state index contributed by atoms with van der Waals surface area (Å²) in [5.74, 6) is -0.646. The second-order valence-corrected chi connectivity index (χ2v) is 19.5. The Balaban J connectivity index is 0.904. The number of hydrogen-bond donors (Lipinski definition) is 6. The summed E-state index contributed by atoms with van der Waals surface area (Å²) in [5, 5.41) is 13.2. The van der Waals surface area contributed by atoms with Gasteiger partial charge in [-0.15, -0.1) is 0 Å². The fourth-order valence-electron chi connectivity index (χ4n) is 9.86. The number of hydrogen-bond acceptors (Lipinski definition) is 6. The third-order valence-corrected chi connectivity index (χ3v) is 14.2. The van der Waals surface area contributed by atoms with Gasteiger partial charge in [-0.3, -0.25) is 28.9 Å². The zero-order valence-corrected chi connectivity index (χ0v) is 39.8. The van der Waals surface area contributed by atoms with Crippen LogP contribution in [0.3, 0.4) is 0 Å². The van der Waals surface area contributed by atoms with E-state index in [9.17, 15) is 14.4 Å². The first-order valence-electron chi connectivity index (χ1n) is 22.1. The lowest BCUT2D eigenvalue weighted by molar-refractivity contribution is -0.122. The number of benzene rings is 4. The van der Waals surface area contributed by atoms with Gasteiger partial charge >= 0.3 is 0 Å². The minimum absolute atomic E-state index is 0.150. The zero-order chi connectivity index (χ0) is 44.9. The molecule has 0 spiro atoms. The SMILES string of the molecule is Cc1ccc2[nH]c(-c3c(C(=O)NCCN4CCC[C@H]4C(N)=O)c4ccc(Br)cc4n3N3CCCN(CCNC(=O)c4c(-c5cc6cc(Cl)ccc6[nH]5)[nH]c5cc(Br)ccc45)CC3)cc2c1. The van der Waals surface area contributed by atoms with Crippen molar-refractivity contribution in [2.24, 2.45) is 5.73 Å². The Morgan fingerprint density at radius 1 is 0.708 bits per heavy atom. The average molecular weight is 1020 g/mol. The molecule has 0 saturated carbocycles. The predicted octanol–water partition coefficient (Wildman–Crippen LogP) is 8.66. The molecule has 7 N–H and O–H groups in total. The number of likely N-dealkylation sites (tertiary alicyclic amines) is 1. The van der Waals surface area contributed by atoms with Crippen LogP contribution >= 0.6 is 43.5 Å². The van der Waals surface area contributed by atoms with Crippen molar-refractivity contribution in [1.29, 1.82) is 0 Å². The number of rotatable bonds is 12. The maximum Gasteiger partial charge on any atom is 0.254 e. The number of primary amides is 1. The summed E-state index contributed by atoms with van der Waals surface area (Å²) in [5.41, 5.74) is 14.9. The molecule has 334 valence electrons. The largest absolute Gasteiger partial charge is 0.368 e. The topological polar surface area (TPSA) is 163 Å². The van der Waals surface area contributed by atoms with Gasteiger partial charge in [0.2, 0.25) is 5.91 Å². The Hall–Kier alpha value is -5.58. The molecule has 13 nitrogen and oxygen atoms in total. The standard InChI is InChI=1S/C49H49Br2ClN10O3/c1-28-5-11-36-29(22-28)25-40(57-36)46-44(49(65)55-14-19-60-16-2-4-41(60)47(53)63)35-10-7-32(51)27-42(35)62(46)61-17-3-15-59(20-21-61)18-13-54-48(64)43-34-9-6-31(50)26-38(34)58-45(43)39-24-30-23-33(52)8-12-37(30)56-39/h5-12,22-27,41,56-58H,2-4,13-21H2,1H3,(H2,53,63)(H,54,64)(H,55,65)/t41-/m0/s1. The van der Waals surface area contributed by atoms with Gasteiger partial charge in [0.15, 0.2) is 0 Å². The van der Waals surface area contributed by atoms with Gasteiger partial charge in [-0.1, -0.05) is 67.2 Å². The molecule has 2 aliphatic heterocycles. The molecule has 6 heterocycles. The van der Waals surface area contributed by atoms with Gasteiger partial charge in [-0.2, -0.15) is 0 Å². The number of amides is 3. The normalized spacial score (nSPS) is 16.3. The number of nitrogens with two attached hydrogens (primary N) is 1. The van der Waals surface area contributed by atoms with Crippen LogP contribution in [0, 0.1) is 6.92 Å². The third-order valence-electron chi connectivity index (χ3n) is 12.9. The number of carbonyl (C=O) groups excluding carboxylic acids is 3. The molecule has 8 aromatic rings. The molecule has 2 fully saturated rings. The van der Waals surface area contributed by atoms with E-state index in [0.29, 0.717) is 48.9 Å². The van der Waals surface area contributed by atoms with Crippen molar-refractivity contribution in [2.75, 3.05) is 63.9 Å². The number of nitrogens with one attached hydrogen (secondary N) is 5. The summed E-state index contributed by atoms with van der Waals surface area (Å²) in [7, 11) is 0. The highest BCUT2D eigenvalue weighted by atomic mass is 79.9. The molecule has 3 amide bonds. The van der Waals surface area contributed by atoms with Crippen LogP contribution in [-0.4, -0.2) is 112 Å². The van der Waals surface area contributed by atoms with Crippen molar-refractivity contribution in [1.82, 2.24) is 40.1 Å².